The van der Waals surface area contributed by atoms with E-state index in [2.05, 4.69) is 14.9 Å². The second kappa shape index (κ2) is 5.46. The quantitative estimate of drug-likeness (QED) is 0.897. The zero-order valence-corrected chi connectivity index (χ0v) is 12.7. The minimum Gasteiger partial charge on any atom is -0.332 e. The van der Waals surface area contributed by atoms with E-state index >= 15 is 0 Å². The lowest BCUT2D eigenvalue weighted by atomic mass is 10.0. The molecule has 1 aromatic heterocycles. The first kappa shape index (κ1) is 14.0. The maximum absolute atomic E-state index is 12.6. The lowest BCUT2D eigenvalue weighted by Crippen LogP contribution is -2.56. The van der Waals surface area contributed by atoms with Crippen LogP contribution in [0.3, 0.4) is 0 Å². The number of sulfonamides is 1. The van der Waals surface area contributed by atoms with Gasteiger partial charge in [-0.25, -0.2) is 13.4 Å². The van der Waals surface area contributed by atoms with Crippen molar-refractivity contribution in [1.29, 1.82) is 0 Å². The smallest absolute Gasteiger partial charge is 0.260 e. The predicted molar refractivity (Wildman–Crippen MR) is 75.9 cm³/mol. The molecule has 112 valence electrons. The van der Waals surface area contributed by atoms with Gasteiger partial charge in [0.05, 0.1) is 6.20 Å². The van der Waals surface area contributed by atoms with E-state index in [-0.39, 0.29) is 5.03 Å². The van der Waals surface area contributed by atoms with Crippen molar-refractivity contribution in [1.82, 2.24) is 19.2 Å². The van der Waals surface area contributed by atoms with Gasteiger partial charge >= 0.3 is 0 Å². The monoisotopic (exact) mass is 298 g/mol. The van der Waals surface area contributed by atoms with E-state index in [0.29, 0.717) is 25.6 Å². The molecule has 3 heterocycles. The van der Waals surface area contributed by atoms with E-state index in [9.17, 15) is 8.42 Å². The zero-order chi connectivity index (χ0) is 14.2. The van der Waals surface area contributed by atoms with Crippen LogP contribution in [0.1, 0.15) is 32.0 Å². The van der Waals surface area contributed by atoms with Crippen molar-refractivity contribution in [3.63, 3.8) is 0 Å². The maximum atomic E-state index is 12.6. The summed E-state index contributed by atoms with van der Waals surface area (Å²) in [4.78, 5) is 9.45. The third kappa shape index (κ3) is 2.49. The maximum Gasteiger partial charge on any atom is 0.260 e. The fourth-order valence-electron chi connectivity index (χ4n) is 3.14. The molecule has 2 saturated heterocycles. The Labute approximate surface area is 120 Å². The number of hydrogen-bond acceptors (Lipinski definition) is 4. The third-order valence-corrected chi connectivity index (χ3v) is 6.13. The summed E-state index contributed by atoms with van der Waals surface area (Å²) in [5, 5.41) is 0.235. The highest BCUT2D eigenvalue weighted by atomic mass is 32.2. The van der Waals surface area contributed by atoms with Crippen LogP contribution in [0.15, 0.2) is 11.2 Å². The average Bonchev–Trinajstić information content (AvgIpc) is 2.96. The molecule has 7 heteroatoms. The summed E-state index contributed by atoms with van der Waals surface area (Å²) in [5.41, 5.74) is 0. The molecule has 2 aliphatic heterocycles. The van der Waals surface area contributed by atoms with E-state index < -0.39 is 10.0 Å². The van der Waals surface area contributed by atoms with Gasteiger partial charge in [0, 0.05) is 32.1 Å². The first-order valence-corrected chi connectivity index (χ1v) is 8.83. The zero-order valence-electron chi connectivity index (χ0n) is 11.9. The summed E-state index contributed by atoms with van der Waals surface area (Å²) in [6.45, 7) is 5.11. The molecule has 1 N–H and O–H groups in total. The van der Waals surface area contributed by atoms with Crippen LogP contribution in [0.2, 0.25) is 0 Å². The SMILES string of the molecule is CCc1ncc(S(=O)(=O)N2CCN3CCCCC3C2)[nH]1. The van der Waals surface area contributed by atoms with Crippen LogP contribution in [-0.2, 0) is 16.4 Å². The van der Waals surface area contributed by atoms with E-state index in [4.69, 9.17) is 0 Å². The Bertz CT molecular complexity index is 569. The second-order valence-electron chi connectivity index (χ2n) is 5.60. The molecular weight excluding hydrogens is 276 g/mol. The number of H-pyrrole nitrogens is 1. The van der Waals surface area contributed by atoms with Crippen molar-refractivity contribution in [2.24, 2.45) is 0 Å². The van der Waals surface area contributed by atoms with Gasteiger partial charge in [0.1, 0.15) is 5.82 Å². The number of aryl methyl sites for hydroxylation is 1. The topological polar surface area (TPSA) is 69.3 Å². The first-order chi connectivity index (χ1) is 9.61. The summed E-state index contributed by atoms with van der Waals surface area (Å²) in [7, 11) is -3.41. The fourth-order valence-corrected chi connectivity index (χ4v) is 4.54. The summed E-state index contributed by atoms with van der Waals surface area (Å²) < 4.78 is 26.9. The molecule has 2 aliphatic rings. The normalized spacial score (nSPS) is 25.6. The average molecular weight is 298 g/mol. The Morgan fingerprint density at radius 1 is 1.35 bits per heavy atom. The number of aromatic amines is 1. The van der Waals surface area contributed by atoms with Crippen LogP contribution in [0.25, 0.3) is 0 Å². The molecule has 0 radical (unpaired) electrons. The molecule has 3 rings (SSSR count). The number of hydrogen-bond donors (Lipinski definition) is 1. The molecule has 0 amide bonds. The summed E-state index contributed by atoms with van der Waals surface area (Å²) >= 11 is 0. The van der Waals surface area contributed by atoms with Gasteiger partial charge in [-0.2, -0.15) is 4.31 Å². The van der Waals surface area contributed by atoms with Crippen LogP contribution in [0.5, 0.6) is 0 Å². The lowest BCUT2D eigenvalue weighted by molar-refractivity contribution is 0.0851. The first-order valence-electron chi connectivity index (χ1n) is 7.39. The highest BCUT2D eigenvalue weighted by molar-refractivity contribution is 7.89. The number of piperidine rings is 1. The van der Waals surface area contributed by atoms with Gasteiger partial charge in [0.2, 0.25) is 0 Å². The highest BCUT2D eigenvalue weighted by Crippen LogP contribution is 2.24. The standard InChI is InChI=1S/C13H22N4O2S/c1-2-12-14-9-13(15-12)20(18,19)17-8-7-16-6-4-3-5-11(16)10-17/h9,11H,2-8,10H2,1H3,(H,14,15). The molecule has 6 nitrogen and oxygen atoms in total. The summed E-state index contributed by atoms with van der Waals surface area (Å²) in [6.07, 6.45) is 5.71. The number of imidazole rings is 1. The molecule has 0 aromatic carbocycles. The van der Waals surface area contributed by atoms with E-state index in [1.54, 1.807) is 4.31 Å². The largest absolute Gasteiger partial charge is 0.332 e. The van der Waals surface area contributed by atoms with Gasteiger partial charge in [-0.05, 0) is 19.4 Å². The molecule has 0 spiro atoms. The lowest BCUT2D eigenvalue weighted by Gasteiger charge is -2.43. The van der Waals surface area contributed by atoms with Gasteiger partial charge < -0.3 is 4.98 Å². The molecule has 1 atom stereocenters. The Morgan fingerprint density at radius 2 is 2.20 bits per heavy atom. The number of piperazine rings is 1. The van der Waals surface area contributed by atoms with Crippen molar-refractivity contribution in [2.75, 3.05) is 26.2 Å². The second-order valence-corrected chi connectivity index (χ2v) is 7.50. The van der Waals surface area contributed by atoms with Gasteiger partial charge in [0.25, 0.3) is 10.0 Å². The Morgan fingerprint density at radius 3 is 2.95 bits per heavy atom. The van der Waals surface area contributed by atoms with Gasteiger partial charge in [-0.1, -0.05) is 13.3 Å². The van der Waals surface area contributed by atoms with E-state index in [1.165, 1.54) is 19.0 Å². The molecule has 2 fully saturated rings. The van der Waals surface area contributed by atoms with Crippen LogP contribution in [0, 0.1) is 0 Å². The van der Waals surface area contributed by atoms with E-state index in [1.807, 2.05) is 6.92 Å². The third-order valence-electron chi connectivity index (χ3n) is 4.36. The van der Waals surface area contributed by atoms with Gasteiger partial charge in [-0.3, -0.25) is 4.90 Å². The van der Waals surface area contributed by atoms with Gasteiger partial charge in [0.15, 0.2) is 5.03 Å². The molecule has 1 aromatic rings. The van der Waals surface area contributed by atoms with Crippen molar-refractivity contribution >= 4 is 10.0 Å². The molecule has 20 heavy (non-hydrogen) atoms. The molecule has 1 unspecified atom stereocenters. The van der Waals surface area contributed by atoms with Crippen molar-refractivity contribution in [3.05, 3.63) is 12.0 Å². The predicted octanol–water partition coefficient (Wildman–Crippen LogP) is 0.831. The minimum atomic E-state index is -3.41. The van der Waals surface area contributed by atoms with Crippen LogP contribution < -0.4 is 0 Å². The molecule has 0 aliphatic carbocycles. The van der Waals surface area contributed by atoms with Crippen LogP contribution in [-0.4, -0.2) is 59.8 Å². The Hall–Kier alpha value is -0.920. The fraction of sp³-hybridized carbons (Fsp3) is 0.769. The number of rotatable bonds is 3. The number of nitrogens with one attached hydrogen (secondary N) is 1. The molecular formula is C13H22N4O2S. The summed E-state index contributed by atoms with van der Waals surface area (Å²) in [6, 6.07) is 0.390. The Kier molecular flexibility index (Phi) is 3.83. The van der Waals surface area contributed by atoms with Crippen molar-refractivity contribution in [3.8, 4) is 0 Å². The van der Waals surface area contributed by atoms with Gasteiger partial charge in [-0.15, -0.1) is 0 Å². The Balaban J connectivity index is 1.77. The highest BCUT2D eigenvalue weighted by Gasteiger charge is 2.35. The van der Waals surface area contributed by atoms with Crippen LogP contribution >= 0.6 is 0 Å². The molecule has 0 bridgehead atoms. The van der Waals surface area contributed by atoms with E-state index in [0.717, 1.165) is 25.3 Å². The van der Waals surface area contributed by atoms with Crippen molar-refractivity contribution in [2.45, 2.75) is 43.7 Å². The number of aromatic nitrogens is 2. The minimum absolute atomic E-state index is 0.235. The van der Waals surface area contributed by atoms with Crippen molar-refractivity contribution < 1.29 is 8.42 Å². The summed E-state index contributed by atoms with van der Waals surface area (Å²) in [5.74, 6) is 0.722. The molecule has 0 saturated carbocycles. The number of fused-ring (bicyclic) bond motifs is 1. The number of nitrogens with zero attached hydrogens (tertiary/aromatic N) is 3. The van der Waals surface area contributed by atoms with Crippen LogP contribution in [0.4, 0.5) is 0 Å².